The Bertz CT molecular complexity index is 792. The number of nitrogens with zero attached hydrogens (tertiary/aromatic N) is 3. The van der Waals surface area contributed by atoms with Gasteiger partial charge in [-0.1, -0.05) is 36.0 Å². The van der Waals surface area contributed by atoms with Gasteiger partial charge in [0.05, 0.1) is 0 Å². The second kappa shape index (κ2) is 8.17. The van der Waals surface area contributed by atoms with Gasteiger partial charge in [0.1, 0.15) is 5.75 Å². The largest absolute Gasteiger partial charge is 0.439 e. The van der Waals surface area contributed by atoms with Crippen LogP contribution in [0.4, 0.5) is 0 Å². The Hall–Kier alpha value is -2.27. The van der Waals surface area contributed by atoms with E-state index in [1.54, 1.807) is 36.5 Å². The highest BCUT2D eigenvalue weighted by atomic mass is 35.5. The van der Waals surface area contributed by atoms with Crippen molar-refractivity contribution < 1.29 is 9.94 Å². The van der Waals surface area contributed by atoms with Crippen LogP contribution >= 0.6 is 11.6 Å². The summed E-state index contributed by atoms with van der Waals surface area (Å²) >= 11 is 5.89. The smallest absolute Gasteiger partial charge is 0.219 e. The molecule has 2 unspecified atom stereocenters. The predicted octanol–water partition coefficient (Wildman–Crippen LogP) is 5.18. The van der Waals surface area contributed by atoms with Gasteiger partial charge in [0.15, 0.2) is 5.84 Å². The van der Waals surface area contributed by atoms with Crippen LogP contribution in [0.2, 0.25) is 5.02 Å². The van der Waals surface area contributed by atoms with Gasteiger partial charge in [0, 0.05) is 35.9 Å². The first kappa shape index (κ1) is 18.1. The molecule has 0 spiro atoms. The molecule has 0 radical (unpaired) electrons. The third kappa shape index (κ3) is 4.19. The van der Waals surface area contributed by atoms with Gasteiger partial charge in [-0.2, -0.15) is 0 Å². The third-order valence-corrected chi connectivity index (χ3v) is 5.97. The predicted molar refractivity (Wildman–Crippen MR) is 106 cm³/mol. The molecule has 2 fully saturated rings. The van der Waals surface area contributed by atoms with Gasteiger partial charge in [-0.25, -0.2) is 4.98 Å². The quantitative estimate of drug-likeness (QED) is 0.342. The van der Waals surface area contributed by atoms with Crippen LogP contribution < -0.4 is 4.74 Å². The maximum absolute atomic E-state index is 9.63. The lowest BCUT2D eigenvalue weighted by molar-refractivity contribution is 0.127. The van der Waals surface area contributed by atoms with Gasteiger partial charge in [-0.3, -0.25) is 0 Å². The maximum atomic E-state index is 9.63. The van der Waals surface area contributed by atoms with Crippen LogP contribution in [-0.4, -0.2) is 34.0 Å². The summed E-state index contributed by atoms with van der Waals surface area (Å²) in [5.41, 5.74) is 0.801. The molecule has 142 valence electrons. The van der Waals surface area contributed by atoms with E-state index >= 15 is 0 Å². The highest BCUT2D eigenvalue weighted by Crippen LogP contribution is 2.36. The fourth-order valence-corrected chi connectivity index (χ4v) is 4.42. The monoisotopic (exact) mass is 385 g/mol. The molecule has 1 aromatic heterocycles. The summed E-state index contributed by atoms with van der Waals surface area (Å²) in [6.07, 6.45) is 8.19. The number of benzene rings is 1. The number of pyridine rings is 1. The van der Waals surface area contributed by atoms with E-state index in [0.717, 1.165) is 24.6 Å². The Morgan fingerprint density at radius 1 is 1.07 bits per heavy atom. The van der Waals surface area contributed by atoms with E-state index in [1.165, 1.54) is 32.1 Å². The average Bonchev–Trinajstić information content (AvgIpc) is 2.71. The Morgan fingerprint density at radius 3 is 2.56 bits per heavy atom. The summed E-state index contributed by atoms with van der Waals surface area (Å²) in [5.74, 6) is 3.32. The van der Waals surface area contributed by atoms with E-state index in [4.69, 9.17) is 16.3 Å². The van der Waals surface area contributed by atoms with Crippen molar-refractivity contribution in [3.05, 3.63) is 53.2 Å². The van der Waals surface area contributed by atoms with Crippen LogP contribution in [0, 0.1) is 11.8 Å². The minimum atomic E-state index is 0.490. The van der Waals surface area contributed by atoms with Crippen LogP contribution in [0.3, 0.4) is 0 Å². The summed E-state index contributed by atoms with van der Waals surface area (Å²) in [4.78, 5) is 6.57. The molecular weight excluding hydrogens is 362 g/mol. The first-order valence-electron chi connectivity index (χ1n) is 9.60. The van der Waals surface area contributed by atoms with E-state index in [-0.39, 0.29) is 0 Å². The third-order valence-electron chi connectivity index (χ3n) is 5.72. The highest BCUT2D eigenvalue weighted by molar-refractivity contribution is 6.30. The average molecular weight is 386 g/mol. The molecule has 1 aliphatic heterocycles. The highest BCUT2D eigenvalue weighted by Gasteiger charge is 2.32. The number of hydrogen-bond donors (Lipinski definition) is 1. The Balaban J connectivity index is 1.44. The van der Waals surface area contributed by atoms with E-state index in [0.29, 0.717) is 28.4 Å². The minimum Gasteiger partial charge on any atom is -0.439 e. The van der Waals surface area contributed by atoms with E-state index in [2.05, 4.69) is 15.0 Å². The molecule has 1 saturated carbocycles. The zero-order valence-electron chi connectivity index (χ0n) is 15.2. The second-order valence-corrected chi connectivity index (χ2v) is 7.84. The van der Waals surface area contributed by atoms with Gasteiger partial charge in [0.25, 0.3) is 0 Å². The SMILES string of the molecule is O/N=C(/c1ccc(Oc2ccc(Cl)cc2)nc1)N1CCC2CCCCC2C1. The molecule has 2 heterocycles. The number of aromatic nitrogens is 1. The van der Waals surface area contributed by atoms with Gasteiger partial charge < -0.3 is 14.8 Å². The molecule has 2 aliphatic rings. The normalized spacial score (nSPS) is 23.0. The number of amidine groups is 1. The maximum Gasteiger partial charge on any atom is 0.219 e. The number of ether oxygens (including phenoxy) is 1. The second-order valence-electron chi connectivity index (χ2n) is 7.40. The Labute approximate surface area is 164 Å². The number of likely N-dealkylation sites (tertiary alicyclic amines) is 1. The summed E-state index contributed by atoms with van der Waals surface area (Å²) in [5, 5.41) is 13.9. The van der Waals surface area contributed by atoms with Crippen molar-refractivity contribution in [2.45, 2.75) is 32.1 Å². The van der Waals surface area contributed by atoms with Crippen LogP contribution in [0.5, 0.6) is 11.6 Å². The van der Waals surface area contributed by atoms with Crippen molar-refractivity contribution in [3.63, 3.8) is 0 Å². The fourth-order valence-electron chi connectivity index (χ4n) is 4.29. The zero-order valence-corrected chi connectivity index (χ0v) is 16.0. The lowest BCUT2D eigenvalue weighted by Crippen LogP contribution is -2.45. The molecule has 4 rings (SSSR count). The number of piperidine rings is 1. The molecule has 0 bridgehead atoms. The van der Waals surface area contributed by atoms with E-state index in [1.807, 2.05) is 6.07 Å². The first-order valence-corrected chi connectivity index (χ1v) is 9.97. The van der Waals surface area contributed by atoms with Crippen molar-refractivity contribution in [2.24, 2.45) is 17.0 Å². The number of oxime groups is 1. The van der Waals surface area contributed by atoms with Crippen LogP contribution in [0.15, 0.2) is 47.8 Å². The fraction of sp³-hybridized carbons (Fsp3) is 0.429. The molecule has 1 aliphatic carbocycles. The lowest BCUT2D eigenvalue weighted by Gasteiger charge is -2.42. The summed E-state index contributed by atoms with van der Waals surface area (Å²) in [6.45, 7) is 1.90. The molecule has 1 N–H and O–H groups in total. The summed E-state index contributed by atoms with van der Waals surface area (Å²) in [6, 6.07) is 10.8. The summed E-state index contributed by atoms with van der Waals surface area (Å²) < 4.78 is 5.73. The number of rotatable bonds is 3. The van der Waals surface area contributed by atoms with Crippen molar-refractivity contribution >= 4 is 17.4 Å². The Morgan fingerprint density at radius 2 is 1.85 bits per heavy atom. The van der Waals surface area contributed by atoms with Crippen molar-refractivity contribution in [1.29, 1.82) is 0 Å². The topological polar surface area (TPSA) is 58.0 Å². The molecule has 5 nitrogen and oxygen atoms in total. The van der Waals surface area contributed by atoms with E-state index < -0.39 is 0 Å². The van der Waals surface area contributed by atoms with Gasteiger partial charge in [-0.05, 0) is 55.0 Å². The number of halogens is 1. The first-order chi connectivity index (χ1) is 13.2. The van der Waals surface area contributed by atoms with Crippen molar-refractivity contribution in [3.8, 4) is 11.6 Å². The molecule has 1 saturated heterocycles. The molecule has 1 aromatic carbocycles. The van der Waals surface area contributed by atoms with E-state index in [9.17, 15) is 5.21 Å². The number of fused-ring (bicyclic) bond motifs is 1. The van der Waals surface area contributed by atoms with Crippen LogP contribution in [0.1, 0.15) is 37.7 Å². The van der Waals surface area contributed by atoms with Gasteiger partial charge in [-0.15, -0.1) is 0 Å². The molecule has 6 heteroatoms. The molecule has 2 aromatic rings. The van der Waals surface area contributed by atoms with Crippen LogP contribution in [0.25, 0.3) is 0 Å². The number of hydrogen-bond acceptors (Lipinski definition) is 4. The zero-order chi connectivity index (χ0) is 18.6. The Kier molecular flexibility index (Phi) is 5.48. The van der Waals surface area contributed by atoms with Crippen molar-refractivity contribution in [2.75, 3.05) is 13.1 Å². The summed E-state index contributed by atoms with van der Waals surface area (Å²) in [7, 11) is 0. The molecular formula is C21H24ClN3O2. The molecule has 2 atom stereocenters. The van der Waals surface area contributed by atoms with Gasteiger partial charge >= 0.3 is 0 Å². The minimum absolute atomic E-state index is 0.490. The van der Waals surface area contributed by atoms with Crippen LogP contribution in [-0.2, 0) is 0 Å². The molecule has 27 heavy (non-hydrogen) atoms. The lowest BCUT2D eigenvalue weighted by atomic mass is 9.75. The van der Waals surface area contributed by atoms with Gasteiger partial charge in [0.2, 0.25) is 5.88 Å². The standard InChI is InChI=1S/C21H24ClN3O2/c22-18-6-8-19(9-7-18)27-20-10-5-16(13-23-20)21(24-26)25-12-11-15-3-1-2-4-17(15)14-25/h5-10,13,15,17,26H,1-4,11-12,14H2/b24-21-. The van der Waals surface area contributed by atoms with Crippen molar-refractivity contribution in [1.82, 2.24) is 9.88 Å². The molecule has 0 amide bonds.